The molecule has 0 aliphatic heterocycles. The molecule has 1 heterocycles. The van der Waals surface area contributed by atoms with E-state index in [0.29, 0.717) is 23.8 Å². The van der Waals surface area contributed by atoms with Crippen molar-refractivity contribution in [1.29, 1.82) is 0 Å². The molecule has 0 bridgehead atoms. The molecule has 1 aromatic heterocycles. The van der Waals surface area contributed by atoms with Gasteiger partial charge in [-0.1, -0.05) is 5.16 Å². The molecule has 1 aromatic carbocycles. The summed E-state index contributed by atoms with van der Waals surface area (Å²) in [5.41, 5.74) is 8.29. The summed E-state index contributed by atoms with van der Waals surface area (Å²) in [6.07, 6.45) is 0. The van der Waals surface area contributed by atoms with Crippen LogP contribution in [0.4, 0.5) is 0 Å². The van der Waals surface area contributed by atoms with Gasteiger partial charge in [0, 0.05) is 17.7 Å². The summed E-state index contributed by atoms with van der Waals surface area (Å²) in [7, 11) is 3.19. The van der Waals surface area contributed by atoms with Gasteiger partial charge in [-0.3, -0.25) is 0 Å². The monoisotopic (exact) mass is 248 g/mol. The highest BCUT2D eigenvalue weighted by molar-refractivity contribution is 5.66. The molecule has 0 radical (unpaired) electrons. The molecule has 0 unspecified atom stereocenters. The zero-order valence-electron chi connectivity index (χ0n) is 10.7. The number of methoxy groups -OCH3 is 2. The van der Waals surface area contributed by atoms with Crippen molar-refractivity contribution in [3.05, 3.63) is 29.5 Å². The molecule has 0 saturated carbocycles. The minimum Gasteiger partial charge on any atom is -0.493 e. The Morgan fingerprint density at radius 2 is 1.94 bits per heavy atom. The SMILES string of the molecule is COc1ccc(-c2onc(C)c2CN)cc1OC. The fourth-order valence-corrected chi connectivity index (χ4v) is 1.83. The second-order valence-electron chi connectivity index (χ2n) is 3.85. The molecular weight excluding hydrogens is 232 g/mol. The van der Waals surface area contributed by atoms with Crippen LogP contribution >= 0.6 is 0 Å². The molecule has 0 saturated heterocycles. The molecule has 0 fully saturated rings. The highest BCUT2D eigenvalue weighted by Gasteiger charge is 2.15. The minimum atomic E-state index is 0.388. The number of hydrogen-bond acceptors (Lipinski definition) is 5. The van der Waals surface area contributed by atoms with Crippen LogP contribution in [0.25, 0.3) is 11.3 Å². The first-order valence-corrected chi connectivity index (χ1v) is 5.58. The van der Waals surface area contributed by atoms with Crippen LogP contribution in [0.15, 0.2) is 22.7 Å². The van der Waals surface area contributed by atoms with Gasteiger partial charge in [-0.15, -0.1) is 0 Å². The molecule has 2 rings (SSSR count). The Kier molecular flexibility index (Phi) is 3.53. The third-order valence-corrected chi connectivity index (χ3v) is 2.83. The van der Waals surface area contributed by atoms with Crippen LogP contribution in [0, 0.1) is 6.92 Å². The minimum absolute atomic E-state index is 0.388. The predicted molar refractivity (Wildman–Crippen MR) is 67.7 cm³/mol. The van der Waals surface area contributed by atoms with Crippen molar-refractivity contribution in [3.8, 4) is 22.8 Å². The summed E-state index contributed by atoms with van der Waals surface area (Å²) >= 11 is 0. The molecule has 0 aliphatic rings. The van der Waals surface area contributed by atoms with Gasteiger partial charge in [0.05, 0.1) is 19.9 Å². The van der Waals surface area contributed by atoms with Gasteiger partial charge in [0.2, 0.25) is 0 Å². The lowest BCUT2D eigenvalue weighted by molar-refractivity contribution is 0.355. The maximum absolute atomic E-state index is 5.70. The van der Waals surface area contributed by atoms with Crippen LogP contribution in [0.5, 0.6) is 11.5 Å². The Morgan fingerprint density at radius 1 is 1.22 bits per heavy atom. The van der Waals surface area contributed by atoms with Gasteiger partial charge in [-0.25, -0.2) is 0 Å². The number of benzene rings is 1. The summed E-state index contributed by atoms with van der Waals surface area (Å²) in [5, 5.41) is 3.93. The summed E-state index contributed by atoms with van der Waals surface area (Å²) in [6.45, 7) is 2.26. The lowest BCUT2D eigenvalue weighted by Gasteiger charge is -2.08. The van der Waals surface area contributed by atoms with E-state index in [2.05, 4.69) is 5.16 Å². The largest absolute Gasteiger partial charge is 0.493 e. The molecule has 2 N–H and O–H groups in total. The first kappa shape index (κ1) is 12.4. The Balaban J connectivity index is 2.50. The molecule has 5 nitrogen and oxygen atoms in total. The second kappa shape index (κ2) is 5.10. The van der Waals surface area contributed by atoms with Crippen molar-refractivity contribution in [1.82, 2.24) is 5.16 Å². The predicted octanol–water partition coefficient (Wildman–Crippen LogP) is 2.13. The quantitative estimate of drug-likeness (QED) is 0.897. The zero-order chi connectivity index (χ0) is 13.1. The molecule has 0 aliphatic carbocycles. The first-order chi connectivity index (χ1) is 8.71. The number of hydrogen-bond donors (Lipinski definition) is 1. The maximum Gasteiger partial charge on any atom is 0.171 e. The molecule has 0 amide bonds. The van der Waals surface area contributed by atoms with E-state index in [-0.39, 0.29) is 0 Å². The topological polar surface area (TPSA) is 70.5 Å². The van der Waals surface area contributed by atoms with Crippen LogP contribution in [0.3, 0.4) is 0 Å². The van der Waals surface area contributed by atoms with Crippen molar-refractivity contribution in [2.24, 2.45) is 5.73 Å². The number of rotatable bonds is 4. The van der Waals surface area contributed by atoms with Gasteiger partial charge in [-0.05, 0) is 25.1 Å². The summed E-state index contributed by atoms with van der Waals surface area (Å²) in [4.78, 5) is 0. The lowest BCUT2D eigenvalue weighted by Crippen LogP contribution is -1.99. The number of aromatic nitrogens is 1. The van der Waals surface area contributed by atoms with Crippen LogP contribution < -0.4 is 15.2 Å². The summed E-state index contributed by atoms with van der Waals surface area (Å²) < 4.78 is 15.8. The van der Waals surface area contributed by atoms with Gasteiger partial charge in [-0.2, -0.15) is 0 Å². The summed E-state index contributed by atoms with van der Waals surface area (Å²) in [6, 6.07) is 5.56. The van der Waals surface area contributed by atoms with E-state index in [1.165, 1.54) is 0 Å². The number of nitrogens with two attached hydrogens (primary N) is 1. The van der Waals surface area contributed by atoms with Gasteiger partial charge in [0.25, 0.3) is 0 Å². The lowest BCUT2D eigenvalue weighted by atomic mass is 10.1. The summed E-state index contributed by atoms with van der Waals surface area (Å²) in [5.74, 6) is 2.00. The number of aryl methyl sites for hydroxylation is 1. The van der Waals surface area contributed by atoms with Crippen LogP contribution in [0.1, 0.15) is 11.3 Å². The Hall–Kier alpha value is -2.01. The molecule has 96 valence electrons. The fraction of sp³-hybridized carbons (Fsp3) is 0.308. The number of ether oxygens (including phenoxy) is 2. The Bertz CT molecular complexity index is 549. The van der Waals surface area contributed by atoms with Crippen LogP contribution in [-0.2, 0) is 6.54 Å². The van der Waals surface area contributed by atoms with Gasteiger partial charge >= 0.3 is 0 Å². The normalized spacial score (nSPS) is 10.4. The highest BCUT2D eigenvalue weighted by atomic mass is 16.5. The van der Waals surface area contributed by atoms with E-state index in [0.717, 1.165) is 16.8 Å². The standard InChI is InChI=1S/C13H16N2O3/c1-8-10(7-14)13(18-15-8)9-4-5-11(16-2)12(6-9)17-3/h4-6H,7,14H2,1-3H3. The average molecular weight is 248 g/mol. The van der Waals surface area contributed by atoms with Crippen molar-refractivity contribution in [2.75, 3.05) is 14.2 Å². The zero-order valence-corrected chi connectivity index (χ0v) is 10.7. The van der Waals surface area contributed by atoms with Crippen LogP contribution in [0.2, 0.25) is 0 Å². The van der Waals surface area contributed by atoms with Crippen molar-refractivity contribution < 1.29 is 14.0 Å². The Labute approximate surface area is 105 Å². The van der Waals surface area contributed by atoms with Crippen molar-refractivity contribution in [2.45, 2.75) is 13.5 Å². The average Bonchev–Trinajstić information content (AvgIpc) is 2.78. The fourth-order valence-electron chi connectivity index (χ4n) is 1.83. The second-order valence-corrected chi connectivity index (χ2v) is 3.85. The van der Waals surface area contributed by atoms with E-state index in [4.69, 9.17) is 19.7 Å². The van der Waals surface area contributed by atoms with E-state index in [9.17, 15) is 0 Å². The van der Waals surface area contributed by atoms with Gasteiger partial charge < -0.3 is 19.7 Å². The first-order valence-electron chi connectivity index (χ1n) is 5.58. The van der Waals surface area contributed by atoms with E-state index in [1.54, 1.807) is 14.2 Å². The van der Waals surface area contributed by atoms with E-state index in [1.807, 2.05) is 25.1 Å². The molecule has 5 heteroatoms. The molecule has 18 heavy (non-hydrogen) atoms. The van der Waals surface area contributed by atoms with Crippen molar-refractivity contribution in [3.63, 3.8) is 0 Å². The van der Waals surface area contributed by atoms with E-state index < -0.39 is 0 Å². The van der Waals surface area contributed by atoms with Crippen LogP contribution in [-0.4, -0.2) is 19.4 Å². The number of nitrogens with zero attached hydrogens (tertiary/aromatic N) is 1. The van der Waals surface area contributed by atoms with Gasteiger partial charge in [0.15, 0.2) is 17.3 Å². The third-order valence-electron chi connectivity index (χ3n) is 2.83. The maximum atomic E-state index is 5.70. The molecule has 0 atom stereocenters. The molecule has 0 spiro atoms. The smallest absolute Gasteiger partial charge is 0.171 e. The molecular formula is C13H16N2O3. The third kappa shape index (κ3) is 2.04. The van der Waals surface area contributed by atoms with Crippen molar-refractivity contribution >= 4 is 0 Å². The molecule has 2 aromatic rings. The van der Waals surface area contributed by atoms with E-state index >= 15 is 0 Å². The van der Waals surface area contributed by atoms with Gasteiger partial charge in [0.1, 0.15) is 0 Å². The highest BCUT2D eigenvalue weighted by Crippen LogP contribution is 2.34. The Morgan fingerprint density at radius 3 is 2.56 bits per heavy atom.